The number of anilines is 1. The van der Waals surface area contributed by atoms with Crippen LogP contribution in [0.15, 0.2) is 85.2 Å². The summed E-state index contributed by atoms with van der Waals surface area (Å²) < 4.78 is 6.91. The van der Waals surface area contributed by atoms with Gasteiger partial charge in [0.25, 0.3) is 11.8 Å². The molecule has 0 saturated carbocycles. The number of methoxy groups -OCH3 is 1. The zero-order chi connectivity index (χ0) is 22.3. The Morgan fingerprint density at radius 3 is 2.53 bits per heavy atom. The van der Waals surface area contributed by atoms with Crippen LogP contribution < -0.4 is 15.4 Å². The number of nitrogens with one attached hydrogen (secondary N) is 2. The van der Waals surface area contributed by atoms with Crippen molar-refractivity contribution in [3.63, 3.8) is 0 Å². The van der Waals surface area contributed by atoms with Crippen LogP contribution in [0.25, 0.3) is 5.69 Å². The number of nitrogens with zero attached hydrogens (tertiary/aromatic N) is 3. The fourth-order valence-corrected chi connectivity index (χ4v) is 3.08. The largest absolute Gasteiger partial charge is 0.493 e. The van der Waals surface area contributed by atoms with E-state index < -0.39 is 5.91 Å². The van der Waals surface area contributed by atoms with Crippen molar-refractivity contribution in [1.29, 1.82) is 0 Å². The summed E-state index contributed by atoms with van der Waals surface area (Å²) in [6, 6.07) is 21.6. The van der Waals surface area contributed by atoms with Crippen LogP contribution in [-0.2, 0) is 6.54 Å². The highest BCUT2D eigenvalue weighted by molar-refractivity contribution is 6.05. The van der Waals surface area contributed by atoms with Crippen molar-refractivity contribution in [3.05, 3.63) is 102 Å². The van der Waals surface area contributed by atoms with Gasteiger partial charge in [-0.25, -0.2) is 4.68 Å². The number of carbonyl (C=O) groups excluding carboxylic acids is 2. The van der Waals surface area contributed by atoms with E-state index in [9.17, 15) is 9.59 Å². The molecule has 0 bridgehead atoms. The third-order valence-electron chi connectivity index (χ3n) is 4.68. The van der Waals surface area contributed by atoms with Crippen LogP contribution in [0.2, 0.25) is 0 Å². The molecule has 0 radical (unpaired) electrons. The van der Waals surface area contributed by atoms with Gasteiger partial charge in [-0.05, 0) is 42.5 Å². The van der Waals surface area contributed by atoms with E-state index in [1.807, 2.05) is 48.5 Å². The summed E-state index contributed by atoms with van der Waals surface area (Å²) in [5.74, 6) is -0.365. The second-order valence-electron chi connectivity index (χ2n) is 6.86. The fourth-order valence-electron chi connectivity index (χ4n) is 3.08. The molecule has 0 fully saturated rings. The Kier molecular flexibility index (Phi) is 6.22. The average Bonchev–Trinajstić information content (AvgIpc) is 3.29. The SMILES string of the molecule is COc1cn(-c2ccccc2)nc1C(=O)Nc1cccc(C(=O)NCc2ccccn2)c1. The van der Waals surface area contributed by atoms with Gasteiger partial charge in [0.05, 0.1) is 31.2 Å². The van der Waals surface area contributed by atoms with E-state index >= 15 is 0 Å². The molecule has 0 spiro atoms. The van der Waals surface area contributed by atoms with Gasteiger partial charge in [0.2, 0.25) is 0 Å². The molecule has 2 aromatic heterocycles. The zero-order valence-electron chi connectivity index (χ0n) is 17.4. The fraction of sp³-hybridized carbons (Fsp3) is 0.0833. The molecule has 0 aliphatic heterocycles. The number of amides is 2. The third kappa shape index (κ3) is 4.81. The summed E-state index contributed by atoms with van der Waals surface area (Å²) in [6.45, 7) is 0.310. The first kappa shape index (κ1) is 20.8. The minimum Gasteiger partial charge on any atom is -0.493 e. The van der Waals surface area contributed by atoms with Gasteiger partial charge in [-0.15, -0.1) is 0 Å². The number of carbonyl (C=O) groups is 2. The lowest BCUT2D eigenvalue weighted by atomic mass is 10.2. The van der Waals surface area contributed by atoms with Crippen LogP contribution in [0.4, 0.5) is 5.69 Å². The second-order valence-corrected chi connectivity index (χ2v) is 6.86. The van der Waals surface area contributed by atoms with Crippen LogP contribution in [0, 0.1) is 0 Å². The lowest BCUT2D eigenvalue weighted by molar-refractivity contribution is 0.0949. The van der Waals surface area contributed by atoms with E-state index in [1.165, 1.54) is 7.11 Å². The molecule has 0 aliphatic carbocycles. The number of aromatic nitrogens is 3. The maximum absolute atomic E-state index is 12.9. The van der Waals surface area contributed by atoms with Crippen LogP contribution in [0.5, 0.6) is 5.75 Å². The maximum atomic E-state index is 12.9. The summed E-state index contributed by atoms with van der Waals surface area (Å²) in [5, 5.41) is 9.96. The van der Waals surface area contributed by atoms with Crippen LogP contribution >= 0.6 is 0 Å². The number of ether oxygens (including phenoxy) is 1. The van der Waals surface area contributed by atoms with E-state index in [0.717, 1.165) is 11.4 Å². The Labute approximate surface area is 184 Å². The van der Waals surface area contributed by atoms with E-state index in [0.29, 0.717) is 23.5 Å². The lowest BCUT2D eigenvalue weighted by Crippen LogP contribution is -2.23. The average molecular weight is 427 g/mol. The minimum atomic E-state index is -0.442. The molecule has 0 aliphatic rings. The number of hydrogen-bond acceptors (Lipinski definition) is 5. The van der Waals surface area contributed by atoms with Crippen molar-refractivity contribution in [2.24, 2.45) is 0 Å². The molecule has 8 heteroatoms. The zero-order valence-corrected chi connectivity index (χ0v) is 17.4. The Morgan fingerprint density at radius 2 is 1.78 bits per heavy atom. The number of pyridine rings is 1. The molecule has 2 N–H and O–H groups in total. The first-order valence-corrected chi connectivity index (χ1v) is 9.92. The molecule has 4 rings (SSSR count). The number of benzene rings is 2. The normalized spacial score (nSPS) is 10.4. The van der Waals surface area contributed by atoms with Crippen molar-refractivity contribution in [2.45, 2.75) is 6.54 Å². The maximum Gasteiger partial charge on any atom is 0.280 e. The van der Waals surface area contributed by atoms with Crippen LogP contribution in [-0.4, -0.2) is 33.7 Å². The van der Waals surface area contributed by atoms with Gasteiger partial charge in [0.15, 0.2) is 11.4 Å². The smallest absolute Gasteiger partial charge is 0.280 e. The van der Waals surface area contributed by atoms with Gasteiger partial charge in [0.1, 0.15) is 0 Å². The van der Waals surface area contributed by atoms with E-state index in [1.54, 1.807) is 41.3 Å². The standard InChI is InChI=1S/C24H21N5O3/c1-32-21-16-29(20-11-3-2-4-12-20)28-22(21)24(31)27-18-10-7-8-17(14-18)23(30)26-15-19-9-5-6-13-25-19/h2-14,16H,15H2,1H3,(H,26,30)(H,27,31). The highest BCUT2D eigenvalue weighted by atomic mass is 16.5. The highest BCUT2D eigenvalue weighted by Crippen LogP contribution is 2.21. The third-order valence-corrected chi connectivity index (χ3v) is 4.68. The predicted octanol–water partition coefficient (Wildman–Crippen LogP) is 3.46. The monoisotopic (exact) mass is 427 g/mol. The molecule has 8 nitrogen and oxygen atoms in total. The number of para-hydroxylation sites is 1. The number of hydrogen-bond donors (Lipinski definition) is 2. The summed E-state index contributed by atoms with van der Waals surface area (Å²) >= 11 is 0. The minimum absolute atomic E-state index is 0.140. The van der Waals surface area contributed by atoms with Gasteiger partial charge < -0.3 is 15.4 Å². The van der Waals surface area contributed by atoms with Gasteiger partial charge in [-0.2, -0.15) is 5.10 Å². The molecule has 2 amide bonds. The molecule has 0 unspecified atom stereocenters. The lowest BCUT2D eigenvalue weighted by Gasteiger charge is -2.08. The molecular formula is C24H21N5O3. The Bertz CT molecular complexity index is 1220. The van der Waals surface area contributed by atoms with Gasteiger partial charge in [-0.1, -0.05) is 30.3 Å². The van der Waals surface area contributed by atoms with Gasteiger partial charge in [-0.3, -0.25) is 14.6 Å². The Hall–Kier alpha value is -4.46. The van der Waals surface area contributed by atoms with Gasteiger partial charge >= 0.3 is 0 Å². The van der Waals surface area contributed by atoms with Gasteiger partial charge in [0, 0.05) is 17.4 Å². The molecule has 4 aromatic rings. The molecular weight excluding hydrogens is 406 g/mol. The number of rotatable bonds is 7. The van der Waals surface area contributed by atoms with Crippen molar-refractivity contribution >= 4 is 17.5 Å². The second kappa shape index (κ2) is 9.57. The van der Waals surface area contributed by atoms with E-state index in [4.69, 9.17) is 4.74 Å². The summed E-state index contributed by atoms with van der Waals surface area (Å²) in [5.41, 5.74) is 2.58. The topological polar surface area (TPSA) is 98.1 Å². The predicted molar refractivity (Wildman–Crippen MR) is 120 cm³/mol. The molecule has 160 valence electrons. The quantitative estimate of drug-likeness (QED) is 0.471. The first-order valence-electron chi connectivity index (χ1n) is 9.92. The summed E-state index contributed by atoms with van der Waals surface area (Å²) in [7, 11) is 1.48. The highest BCUT2D eigenvalue weighted by Gasteiger charge is 2.19. The molecule has 2 aromatic carbocycles. The molecule has 0 saturated heterocycles. The van der Waals surface area contributed by atoms with E-state index in [2.05, 4.69) is 20.7 Å². The van der Waals surface area contributed by atoms with Crippen molar-refractivity contribution < 1.29 is 14.3 Å². The van der Waals surface area contributed by atoms with Crippen molar-refractivity contribution in [2.75, 3.05) is 12.4 Å². The van der Waals surface area contributed by atoms with Crippen LogP contribution in [0.3, 0.4) is 0 Å². The van der Waals surface area contributed by atoms with Crippen molar-refractivity contribution in [3.8, 4) is 11.4 Å². The molecule has 2 heterocycles. The molecule has 32 heavy (non-hydrogen) atoms. The van der Waals surface area contributed by atoms with Crippen molar-refractivity contribution in [1.82, 2.24) is 20.1 Å². The first-order chi connectivity index (χ1) is 15.6. The molecule has 0 atom stereocenters. The summed E-state index contributed by atoms with van der Waals surface area (Å²) in [6.07, 6.45) is 3.32. The Morgan fingerprint density at radius 1 is 0.969 bits per heavy atom. The van der Waals surface area contributed by atoms with Crippen LogP contribution in [0.1, 0.15) is 26.5 Å². The Balaban J connectivity index is 1.47. The summed E-state index contributed by atoms with van der Waals surface area (Å²) in [4.78, 5) is 29.5. The van der Waals surface area contributed by atoms with E-state index in [-0.39, 0.29) is 11.6 Å².